The van der Waals surface area contributed by atoms with Gasteiger partial charge in [0.2, 0.25) is 4.80 Å². The molecule has 1 aromatic heterocycles. The van der Waals surface area contributed by atoms with Crippen LogP contribution < -0.4 is 4.80 Å². The summed E-state index contributed by atoms with van der Waals surface area (Å²) >= 11 is 8.30. The van der Waals surface area contributed by atoms with Crippen molar-refractivity contribution in [1.82, 2.24) is 4.68 Å². The SMILES string of the molecule is C=C(C)CN=c1scc(-c2ccccc2)n1/N=C/c1cc(Br)cc(Br)c1O. The topological polar surface area (TPSA) is 49.9 Å². The van der Waals surface area contributed by atoms with Crippen LogP contribution in [0, 0.1) is 0 Å². The molecule has 0 aliphatic carbocycles. The molecule has 0 atom stereocenters. The van der Waals surface area contributed by atoms with Crippen LogP contribution in [0.25, 0.3) is 11.3 Å². The summed E-state index contributed by atoms with van der Waals surface area (Å²) < 4.78 is 3.24. The van der Waals surface area contributed by atoms with Crippen molar-refractivity contribution < 1.29 is 5.11 Å². The number of aromatic nitrogens is 1. The van der Waals surface area contributed by atoms with Gasteiger partial charge in [0.1, 0.15) is 5.75 Å². The van der Waals surface area contributed by atoms with Crippen LogP contribution in [0.15, 0.2) is 79.0 Å². The fraction of sp³-hybridized carbons (Fsp3) is 0.100. The van der Waals surface area contributed by atoms with Crippen LogP contribution in [0.3, 0.4) is 0 Å². The smallest absolute Gasteiger partial charge is 0.206 e. The van der Waals surface area contributed by atoms with Gasteiger partial charge in [-0.3, -0.25) is 4.99 Å². The third-order valence-electron chi connectivity index (χ3n) is 3.61. The second kappa shape index (κ2) is 8.82. The van der Waals surface area contributed by atoms with Crippen molar-refractivity contribution >= 4 is 49.4 Å². The maximum Gasteiger partial charge on any atom is 0.206 e. The van der Waals surface area contributed by atoms with Crippen molar-refractivity contribution in [1.29, 1.82) is 0 Å². The molecular weight excluding hydrogens is 490 g/mol. The maximum atomic E-state index is 10.3. The lowest BCUT2D eigenvalue weighted by Crippen LogP contribution is -2.13. The Bertz CT molecular complexity index is 1070. The van der Waals surface area contributed by atoms with Crippen molar-refractivity contribution in [3.8, 4) is 17.0 Å². The number of nitrogens with zero attached hydrogens (tertiary/aromatic N) is 3. The van der Waals surface area contributed by atoms with Crippen molar-refractivity contribution in [2.75, 3.05) is 6.54 Å². The van der Waals surface area contributed by atoms with E-state index in [9.17, 15) is 5.11 Å². The third kappa shape index (κ3) is 4.86. The van der Waals surface area contributed by atoms with Gasteiger partial charge in [0.25, 0.3) is 0 Å². The summed E-state index contributed by atoms with van der Waals surface area (Å²) in [6.45, 7) is 6.39. The van der Waals surface area contributed by atoms with Crippen LogP contribution >= 0.6 is 43.2 Å². The van der Waals surface area contributed by atoms with Crippen molar-refractivity contribution in [2.45, 2.75) is 6.92 Å². The summed E-state index contributed by atoms with van der Waals surface area (Å²) in [5.74, 6) is 0.138. The van der Waals surface area contributed by atoms with Crippen LogP contribution in [-0.2, 0) is 0 Å². The Hall–Kier alpha value is -1.96. The van der Waals surface area contributed by atoms with Crippen LogP contribution in [0.4, 0.5) is 0 Å². The zero-order valence-electron chi connectivity index (χ0n) is 14.6. The van der Waals surface area contributed by atoms with E-state index in [1.165, 1.54) is 11.3 Å². The summed E-state index contributed by atoms with van der Waals surface area (Å²) in [7, 11) is 0. The quantitative estimate of drug-likeness (QED) is 0.344. The van der Waals surface area contributed by atoms with Gasteiger partial charge in [-0.25, -0.2) is 4.68 Å². The first-order valence-corrected chi connectivity index (χ1v) is 10.6. The minimum Gasteiger partial charge on any atom is -0.506 e. The van der Waals surface area contributed by atoms with Gasteiger partial charge in [-0.15, -0.1) is 11.3 Å². The minimum absolute atomic E-state index is 0.138. The van der Waals surface area contributed by atoms with E-state index in [0.717, 1.165) is 26.1 Å². The zero-order valence-corrected chi connectivity index (χ0v) is 18.6. The predicted molar refractivity (Wildman–Crippen MR) is 119 cm³/mol. The molecule has 0 radical (unpaired) electrons. The van der Waals surface area contributed by atoms with Crippen molar-refractivity contribution in [3.05, 3.63) is 79.3 Å². The molecule has 1 N–H and O–H groups in total. The molecule has 7 heteroatoms. The fourth-order valence-corrected chi connectivity index (χ4v) is 4.43. The van der Waals surface area contributed by atoms with E-state index < -0.39 is 0 Å². The molecule has 0 aliphatic rings. The van der Waals surface area contributed by atoms with Gasteiger partial charge in [-0.05, 0) is 35.0 Å². The van der Waals surface area contributed by atoms with Crippen LogP contribution in [0.1, 0.15) is 12.5 Å². The number of benzene rings is 2. The molecule has 0 amide bonds. The molecule has 0 bridgehead atoms. The Kier molecular flexibility index (Phi) is 6.46. The second-order valence-corrected chi connectivity index (χ2v) is 8.53. The Balaban J connectivity index is 2.11. The van der Waals surface area contributed by atoms with Gasteiger partial charge < -0.3 is 5.11 Å². The van der Waals surface area contributed by atoms with E-state index in [2.05, 4.69) is 48.5 Å². The highest BCUT2D eigenvalue weighted by Crippen LogP contribution is 2.30. The van der Waals surface area contributed by atoms with Gasteiger partial charge in [0.15, 0.2) is 0 Å². The average Bonchev–Trinajstić information content (AvgIpc) is 3.05. The first-order valence-electron chi connectivity index (χ1n) is 8.09. The number of halogens is 2. The molecule has 0 aliphatic heterocycles. The van der Waals surface area contributed by atoms with Crippen molar-refractivity contribution in [3.63, 3.8) is 0 Å². The first kappa shape index (κ1) is 19.8. The monoisotopic (exact) mass is 505 g/mol. The number of hydrogen-bond donors (Lipinski definition) is 1. The molecule has 3 rings (SSSR count). The number of phenols is 1. The van der Waals surface area contributed by atoms with Gasteiger partial charge in [-0.2, -0.15) is 5.10 Å². The van der Waals surface area contributed by atoms with Crippen LogP contribution in [-0.4, -0.2) is 22.5 Å². The van der Waals surface area contributed by atoms with Crippen LogP contribution in [0.2, 0.25) is 0 Å². The summed E-state index contributed by atoms with van der Waals surface area (Å²) in [5, 5.41) is 16.9. The lowest BCUT2D eigenvalue weighted by Gasteiger charge is -2.05. The molecular formula is C20H17Br2N3OS. The Morgan fingerprint density at radius 2 is 2.00 bits per heavy atom. The molecule has 4 nitrogen and oxygen atoms in total. The predicted octanol–water partition coefficient (Wildman–Crippen LogP) is 5.81. The van der Waals surface area contributed by atoms with Crippen LogP contribution in [0.5, 0.6) is 5.75 Å². The van der Waals surface area contributed by atoms with E-state index in [1.807, 2.05) is 48.7 Å². The van der Waals surface area contributed by atoms with E-state index in [-0.39, 0.29) is 5.75 Å². The van der Waals surface area contributed by atoms with Gasteiger partial charge in [0.05, 0.1) is 22.9 Å². The first-order chi connectivity index (χ1) is 13.0. The van der Waals surface area contributed by atoms with Gasteiger partial charge in [-0.1, -0.05) is 58.4 Å². The fourth-order valence-electron chi connectivity index (χ4n) is 2.33. The minimum atomic E-state index is 0.138. The molecule has 0 spiro atoms. The Labute approximate surface area is 178 Å². The molecule has 0 saturated carbocycles. The van der Waals surface area contributed by atoms with E-state index in [1.54, 1.807) is 17.0 Å². The van der Waals surface area contributed by atoms with Gasteiger partial charge >= 0.3 is 0 Å². The third-order valence-corrected chi connectivity index (χ3v) is 5.53. The average molecular weight is 507 g/mol. The summed E-state index contributed by atoms with van der Waals surface area (Å²) in [5.41, 5.74) is 3.56. The number of thiazole rings is 1. The highest BCUT2D eigenvalue weighted by atomic mass is 79.9. The Morgan fingerprint density at radius 3 is 2.70 bits per heavy atom. The standard InChI is InChI=1S/C20H17Br2N3OS/c1-13(2)10-23-20-25(18(12-27-20)14-6-4-3-5-7-14)24-11-15-8-16(21)9-17(22)19(15)26/h3-9,11-12,26H,1,10H2,2H3/b23-20?,24-11+. The Morgan fingerprint density at radius 1 is 1.26 bits per heavy atom. The van der Waals surface area contributed by atoms with E-state index >= 15 is 0 Å². The van der Waals surface area contributed by atoms with Gasteiger partial charge in [0, 0.05) is 21.0 Å². The molecule has 0 fully saturated rings. The molecule has 138 valence electrons. The number of aromatic hydroxyl groups is 1. The molecule has 27 heavy (non-hydrogen) atoms. The summed E-state index contributed by atoms with van der Waals surface area (Å²) in [6.07, 6.45) is 1.63. The van der Waals surface area contributed by atoms with E-state index in [4.69, 9.17) is 0 Å². The zero-order chi connectivity index (χ0) is 19.4. The second-order valence-electron chi connectivity index (χ2n) is 5.92. The largest absolute Gasteiger partial charge is 0.506 e. The summed E-state index contributed by atoms with van der Waals surface area (Å²) in [6, 6.07) is 13.6. The highest BCUT2D eigenvalue weighted by molar-refractivity contribution is 9.11. The lowest BCUT2D eigenvalue weighted by atomic mass is 10.2. The normalized spacial score (nSPS) is 12.0. The van der Waals surface area contributed by atoms with E-state index in [0.29, 0.717) is 16.6 Å². The number of rotatable bonds is 5. The molecule has 2 aromatic carbocycles. The van der Waals surface area contributed by atoms with Crippen molar-refractivity contribution in [2.24, 2.45) is 10.1 Å². The lowest BCUT2D eigenvalue weighted by molar-refractivity contribution is 0.471. The molecule has 0 saturated heterocycles. The molecule has 0 unspecified atom stereocenters. The summed E-state index contributed by atoms with van der Waals surface area (Å²) in [4.78, 5) is 5.37. The number of hydrogen-bond acceptors (Lipinski definition) is 4. The maximum absolute atomic E-state index is 10.3. The molecule has 1 heterocycles. The highest BCUT2D eigenvalue weighted by Gasteiger charge is 2.09. The number of phenolic OH excluding ortho intramolecular Hbond substituents is 1. The molecule has 3 aromatic rings.